The second kappa shape index (κ2) is 9.75. The van der Waals surface area contributed by atoms with Crippen LogP contribution in [0.2, 0.25) is 0 Å². The zero-order chi connectivity index (χ0) is 16.4. The molecular formula is C15H22N2O5. The molecule has 0 saturated carbocycles. The van der Waals surface area contributed by atoms with Crippen molar-refractivity contribution in [2.45, 2.75) is 13.0 Å². The van der Waals surface area contributed by atoms with Gasteiger partial charge in [0, 0.05) is 25.9 Å². The summed E-state index contributed by atoms with van der Waals surface area (Å²) in [6.07, 6.45) is -0.907. The maximum atomic E-state index is 12.1. The van der Waals surface area contributed by atoms with Gasteiger partial charge in [-0.2, -0.15) is 0 Å². The molecule has 22 heavy (non-hydrogen) atoms. The zero-order valence-corrected chi connectivity index (χ0v) is 12.8. The second-order valence-electron chi connectivity index (χ2n) is 4.53. The number of anilines is 1. The molecule has 0 aliphatic carbocycles. The molecule has 0 saturated heterocycles. The molecule has 7 heteroatoms. The minimum Gasteiger partial charge on any atom is -0.449 e. The maximum Gasteiger partial charge on any atom is 0.341 e. The van der Waals surface area contributed by atoms with E-state index in [-0.39, 0.29) is 12.5 Å². The first kappa shape index (κ1) is 17.9. The first-order valence-corrected chi connectivity index (χ1v) is 7.01. The molecule has 0 bridgehead atoms. The number of amides is 1. The molecule has 3 N–H and O–H groups in total. The van der Waals surface area contributed by atoms with Crippen molar-refractivity contribution < 1.29 is 24.2 Å². The van der Waals surface area contributed by atoms with E-state index in [1.807, 2.05) is 0 Å². The summed E-state index contributed by atoms with van der Waals surface area (Å²) in [6.45, 7) is 2.51. The van der Waals surface area contributed by atoms with Gasteiger partial charge in [0.2, 0.25) is 0 Å². The van der Waals surface area contributed by atoms with Gasteiger partial charge in [0.15, 0.2) is 6.10 Å². The fourth-order valence-corrected chi connectivity index (χ4v) is 1.70. The van der Waals surface area contributed by atoms with E-state index in [2.05, 4.69) is 10.6 Å². The minimum atomic E-state index is -0.907. The van der Waals surface area contributed by atoms with Gasteiger partial charge in [-0.15, -0.1) is 0 Å². The summed E-state index contributed by atoms with van der Waals surface area (Å²) in [6, 6.07) is 6.76. The van der Waals surface area contributed by atoms with E-state index in [4.69, 9.17) is 14.6 Å². The highest BCUT2D eigenvalue weighted by atomic mass is 16.5. The molecule has 0 unspecified atom stereocenters. The quantitative estimate of drug-likeness (QED) is 0.451. The van der Waals surface area contributed by atoms with Gasteiger partial charge in [-0.1, -0.05) is 12.1 Å². The van der Waals surface area contributed by atoms with Crippen LogP contribution in [0.1, 0.15) is 17.3 Å². The summed E-state index contributed by atoms with van der Waals surface area (Å²) in [4.78, 5) is 23.9. The summed E-state index contributed by atoms with van der Waals surface area (Å²) < 4.78 is 9.98. The highest BCUT2D eigenvalue weighted by Crippen LogP contribution is 2.16. The topological polar surface area (TPSA) is 96.9 Å². The van der Waals surface area contributed by atoms with Crippen LogP contribution >= 0.6 is 0 Å². The van der Waals surface area contributed by atoms with Gasteiger partial charge in [0.05, 0.1) is 18.8 Å². The lowest BCUT2D eigenvalue weighted by atomic mass is 10.1. The minimum absolute atomic E-state index is 0.0539. The van der Waals surface area contributed by atoms with Crippen molar-refractivity contribution in [3.05, 3.63) is 29.8 Å². The lowest BCUT2D eigenvalue weighted by Gasteiger charge is -2.15. The Labute approximate surface area is 129 Å². The van der Waals surface area contributed by atoms with E-state index in [1.165, 1.54) is 14.0 Å². The predicted octanol–water partition coefficient (Wildman–Crippen LogP) is 0.399. The van der Waals surface area contributed by atoms with Gasteiger partial charge < -0.3 is 25.2 Å². The number of hydrogen-bond donors (Lipinski definition) is 3. The highest BCUT2D eigenvalue weighted by molar-refractivity contribution is 5.97. The second-order valence-corrected chi connectivity index (χ2v) is 4.53. The van der Waals surface area contributed by atoms with Crippen molar-refractivity contribution in [1.82, 2.24) is 5.32 Å². The average molecular weight is 310 g/mol. The Morgan fingerprint density at radius 3 is 2.68 bits per heavy atom. The molecule has 1 amide bonds. The fourth-order valence-electron chi connectivity index (χ4n) is 1.70. The van der Waals surface area contributed by atoms with Crippen LogP contribution in [0.15, 0.2) is 24.3 Å². The normalized spacial score (nSPS) is 11.6. The summed E-state index contributed by atoms with van der Waals surface area (Å²) in [5.41, 5.74) is 0.862. The number of para-hydroxylation sites is 1. The Kier molecular flexibility index (Phi) is 7.95. The third-order valence-corrected chi connectivity index (χ3v) is 2.83. The SMILES string of the molecule is COCCNC(=O)[C@@H](C)OC(=O)c1ccccc1NCCO. The first-order valence-electron chi connectivity index (χ1n) is 7.01. The standard InChI is InChI=1S/C15H22N2O5/c1-11(14(19)17-8-10-21-2)22-15(20)12-5-3-4-6-13(12)16-7-9-18/h3-6,11,16,18H,7-10H2,1-2H3,(H,17,19)/t11-/m1/s1. The van der Waals surface area contributed by atoms with Crippen LogP contribution in [0.5, 0.6) is 0 Å². The summed E-state index contributed by atoms with van der Waals surface area (Å²) in [5.74, 6) is -0.985. The molecule has 0 spiro atoms. The summed E-state index contributed by atoms with van der Waals surface area (Å²) in [7, 11) is 1.53. The van der Waals surface area contributed by atoms with Crippen molar-refractivity contribution in [3.63, 3.8) is 0 Å². The number of aliphatic hydroxyl groups excluding tert-OH is 1. The third-order valence-electron chi connectivity index (χ3n) is 2.83. The number of methoxy groups -OCH3 is 1. The van der Waals surface area contributed by atoms with E-state index in [0.29, 0.717) is 30.9 Å². The van der Waals surface area contributed by atoms with Gasteiger partial charge in [0.1, 0.15) is 0 Å². The predicted molar refractivity (Wildman–Crippen MR) is 81.8 cm³/mol. The van der Waals surface area contributed by atoms with Crippen LogP contribution in [0, 0.1) is 0 Å². The fraction of sp³-hybridized carbons (Fsp3) is 0.467. The lowest BCUT2D eigenvalue weighted by Crippen LogP contribution is -2.37. The smallest absolute Gasteiger partial charge is 0.341 e. The molecular weight excluding hydrogens is 288 g/mol. The van der Waals surface area contributed by atoms with Crippen LogP contribution in [-0.2, 0) is 14.3 Å². The van der Waals surface area contributed by atoms with Gasteiger partial charge >= 0.3 is 5.97 Å². The first-order chi connectivity index (χ1) is 10.6. The molecule has 1 aromatic rings. The van der Waals surface area contributed by atoms with Crippen molar-refractivity contribution >= 4 is 17.6 Å². The number of carbonyl (C=O) groups excluding carboxylic acids is 2. The van der Waals surface area contributed by atoms with Crippen molar-refractivity contribution in [1.29, 1.82) is 0 Å². The summed E-state index contributed by atoms with van der Waals surface area (Å²) >= 11 is 0. The van der Waals surface area contributed by atoms with Gasteiger partial charge in [-0.25, -0.2) is 4.79 Å². The number of benzene rings is 1. The zero-order valence-electron chi connectivity index (χ0n) is 12.8. The number of rotatable bonds is 9. The Balaban J connectivity index is 2.62. The van der Waals surface area contributed by atoms with Crippen LogP contribution in [-0.4, -0.2) is 56.5 Å². The number of aliphatic hydroxyl groups is 1. The highest BCUT2D eigenvalue weighted by Gasteiger charge is 2.20. The van der Waals surface area contributed by atoms with E-state index in [1.54, 1.807) is 24.3 Å². The lowest BCUT2D eigenvalue weighted by molar-refractivity contribution is -0.129. The van der Waals surface area contributed by atoms with Crippen molar-refractivity contribution in [3.8, 4) is 0 Å². The number of ether oxygens (including phenoxy) is 2. The van der Waals surface area contributed by atoms with Gasteiger partial charge in [-0.05, 0) is 19.1 Å². The van der Waals surface area contributed by atoms with E-state index >= 15 is 0 Å². The van der Waals surface area contributed by atoms with Crippen molar-refractivity contribution in [2.24, 2.45) is 0 Å². The van der Waals surface area contributed by atoms with Crippen LogP contribution in [0.4, 0.5) is 5.69 Å². The number of carbonyl (C=O) groups is 2. The third kappa shape index (κ3) is 5.71. The van der Waals surface area contributed by atoms with Crippen LogP contribution in [0.25, 0.3) is 0 Å². The molecule has 1 rings (SSSR count). The maximum absolute atomic E-state index is 12.1. The molecule has 0 aliphatic rings. The van der Waals surface area contributed by atoms with E-state index in [0.717, 1.165) is 0 Å². The largest absolute Gasteiger partial charge is 0.449 e. The average Bonchev–Trinajstić information content (AvgIpc) is 2.53. The Morgan fingerprint density at radius 2 is 2.00 bits per heavy atom. The van der Waals surface area contributed by atoms with E-state index < -0.39 is 12.1 Å². The van der Waals surface area contributed by atoms with Gasteiger partial charge in [0.25, 0.3) is 5.91 Å². The van der Waals surface area contributed by atoms with Crippen LogP contribution < -0.4 is 10.6 Å². The summed E-state index contributed by atoms with van der Waals surface area (Å²) in [5, 5.41) is 14.4. The van der Waals surface area contributed by atoms with E-state index in [9.17, 15) is 9.59 Å². The van der Waals surface area contributed by atoms with Crippen molar-refractivity contribution in [2.75, 3.05) is 38.7 Å². The molecule has 7 nitrogen and oxygen atoms in total. The molecule has 0 heterocycles. The number of nitrogens with one attached hydrogen (secondary N) is 2. The van der Waals surface area contributed by atoms with Crippen LogP contribution in [0.3, 0.4) is 0 Å². The monoisotopic (exact) mass is 310 g/mol. The number of esters is 1. The van der Waals surface area contributed by atoms with Gasteiger partial charge in [-0.3, -0.25) is 4.79 Å². The number of hydrogen-bond acceptors (Lipinski definition) is 6. The molecule has 1 aromatic carbocycles. The molecule has 0 radical (unpaired) electrons. The molecule has 0 fully saturated rings. The molecule has 0 aliphatic heterocycles. The molecule has 0 aromatic heterocycles. The Bertz CT molecular complexity index is 493. The Hall–Kier alpha value is -2.12. The Morgan fingerprint density at radius 1 is 1.27 bits per heavy atom. The molecule has 122 valence electrons. The molecule has 1 atom stereocenters.